The Bertz CT molecular complexity index is 2910. The van der Waals surface area contributed by atoms with E-state index in [0.717, 1.165) is 39.2 Å². The number of benzene rings is 5. The molecule has 0 spiro atoms. The van der Waals surface area contributed by atoms with Gasteiger partial charge in [-0.05, 0) is 148 Å². The summed E-state index contributed by atoms with van der Waals surface area (Å²) in [6, 6.07) is 46.9. The number of hydrogen-bond donors (Lipinski definition) is 0. The van der Waals surface area contributed by atoms with Crippen LogP contribution in [0.15, 0.2) is 140 Å². The first-order chi connectivity index (χ1) is 31.2. The van der Waals surface area contributed by atoms with Crippen molar-refractivity contribution in [3.8, 4) is 78.9 Å². The fourth-order valence-electron chi connectivity index (χ4n) is 11.7. The maximum Gasteiger partial charge on any atom is 0.164 e. The van der Waals surface area contributed by atoms with Gasteiger partial charge in [-0.2, -0.15) is 0 Å². The zero-order valence-corrected chi connectivity index (χ0v) is 37.3. The van der Waals surface area contributed by atoms with Crippen LogP contribution in [0.4, 0.5) is 0 Å². The summed E-state index contributed by atoms with van der Waals surface area (Å²) in [6.07, 6.45) is 14.2. The van der Waals surface area contributed by atoms with Crippen molar-refractivity contribution in [1.29, 1.82) is 0 Å². The third-order valence-electron chi connectivity index (χ3n) is 15.3. The van der Waals surface area contributed by atoms with Crippen molar-refractivity contribution in [3.63, 3.8) is 0 Å². The molecule has 4 aliphatic carbocycles. The average Bonchev–Trinajstić information content (AvgIpc) is 4.16. The summed E-state index contributed by atoms with van der Waals surface area (Å²) in [5, 5.41) is 0. The van der Waals surface area contributed by atoms with Crippen LogP contribution in [0.5, 0.6) is 0 Å². The van der Waals surface area contributed by atoms with Gasteiger partial charge >= 0.3 is 0 Å². The van der Waals surface area contributed by atoms with Gasteiger partial charge in [-0.15, -0.1) is 0 Å². The molecule has 0 atom stereocenters. The largest absolute Gasteiger partial charge is 0.256 e. The summed E-state index contributed by atoms with van der Waals surface area (Å²) in [4.78, 5) is 25.7. The van der Waals surface area contributed by atoms with Crippen molar-refractivity contribution in [3.05, 3.63) is 173 Å². The number of aromatic nitrogens is 5. The first-order valence-electron chi connectivity index (χ1n) is 23.5. The van der Waals surface area contributed by atoms with Gasteiger partial charge in [-0.3, -0.25) is 9.97 Å². The highest BCUT2D eigenvalue weighted by Crippen LogP contribution is 2.53. The Morgan fingerprint density at radius 2 is 0.797 bits per heavy atom. The summed E-state index contributed by atoms with van der Waals surface area (Å²) >= 11 is 0. The molecule has 64 heavy (non-hydrogen) atoms. The van der Waals surface area contributed by atoms with Gasteiger partial charge in [-0.1, -0.05) is 126 Å². The number of fused-ring (bicyclic) bond motifs is 6. The molecule has 2 fully saturated rings. The fourth-order valence-corrected chi connectivity index (χ4v) is 11.7. The second-order valence-corrected chi connectivity index (χ2v) is 19.9. The van der Waals surface area contributed by atoms with Gasteiger partial charge in [0.05, 0.1) is 11.4 Å². The van der Waals surface area contributed by atoms with E-state index in [1.165, 1.54) is 107 Å². The molecule has 4 aliphatic rings. The molecule has 0 radical (unpaired) electrons. The number of rotatable bonds is 7. The molecule has 0 aliphatic heterocycles. The Balaban J connectivity index is 1.02. The average molecular weight is 832 g/mol. The van der Waals surface area contributed by atoms with E-state index in [1.807, 2.05) is 48.8 Å². The van der Waals surface area contributed by atoms with Gasteiger partial charge in [-0.25, -0.2) is 15.0 Å². The molecule has 3 heterocycles. The molecule has 0 bridgehead atoms. The minimum Gasteiger partial charge on any atom is -0.256 e. The molecule has 5 heteroatoms. The predicted octanol–water partition coefficient (Wildman–Crippen LogP) is 14.9. The minimum absolute atomic E-state index is 0.166. The predicted molar refractivity (Wildman–Crippen MR) is 260 cm³/mol. The molecule has 3 aromatic heterocycles. The van der Waals surface area contributed by atoms with Crippen molar-refractivity contribution >= 4 is 0 Å². The number of hydrogen-bond acceptors (Lipinski definition) is 5. The highest BCUT2D eigenvalue weighted by atomic mass is 15.0. The van der Waals surface area contributed by atoms with Crippen molar-refractivity contribution in [1.82, 2.24) is 24.9 Å². The zero-order valence-electron chi connectivity index (χ0n) is 37.3. The highest BCUT2D eigenvalue weighted by molar-refractivity contribution is 5.86. The Labute approximate surface area is 377 Å². The molecule has 314 valence electrons. The van der Waals surface area contributed by atoms with E-state index in [4.69, 9.17) is 24.9 Å². The molecular formula is C59H53N5. The molecule has 12 rings (SSSR count). The second-order valence-electron chi connectivity index (χ2n) is 19.9. The lowest BCUT2D eigenvalue weighted by Gasteiger charge is -2.23. The van der Waals surface area contributed by atoms with Crippen LogP contribution in [-0.4, -0.2) is 24.9 Å². The third kappa shape index (κ3) is 6.46. The molecule has 0 saturated heterocycles. The topological polar surface area (TPSA) is 64.5 Å². The van der Waals surface area contributed by atoms with E-state index < -0.39 is 0 Å². The van der Waals surface area contributed by atoms with Crippen molar-refractivity contribution in [2.45, 2.75) is 102 Å². The maximum atomic E-state index is 5.39. The lowest BCUT2D eigenvalue weighted by atomic mass is 9.81. The molecule has 0 unspecified atom stereocenters. The van der Waals surface area contributed by atoms with E-state index in [0.29, 0.717) is 29.3 Å². The van der Waals surface area contributed by atoms with Crippen LogP contribution in [0.2, 0.25) is 0 Å². The zero-order chi connectivity index (χ0) is 43.2. The van der Waals surface area contributed by atoms with Crippen LogP contribution in [0.3, 0.4) is 0 Å². The van der Waals surface area contributed by atoms with Gasteiger partial charge in [0, 0.05) is 51.0 Å². The minimum atomic E-state index is -0.166. The monoisotopic (exact) mass is 831 g/mol. The summed E-state index contributed by atoms with van der Waals surface area (Å²) in [5.74, 6) is 3.27. The Morgan fingerprint density at radius 1 is 0.375 bits per heavy atom. The summed E-state index contributed by atoms with van der Waals surface area (Å²) in [6.45, 7) is 9.46. The molecule has 2 saturated carbocycles. The lowest BCUT2D eigenvalue weighted by Crippen LogP contribution is -2.15. The fraction of sp³-hybridized carbons (Fsp3) is 0.271. The van der Waals surface area contributed by atoms with E-state index in [-0.39, 0.29) is 10.8 Å². The van der Waals surface area contributed by atoms with E-state index >= 15 is 0 Å². The molecule has 5 aromatic carbocycles. The van der Waals surface area contributed by atoms with Crippen LogP contribution in [0, 0.1) is 0 Å². The van der Waals surface area contributed by atoms with Crippen molar-refractivity contribution < 1.29 is 0 Å². The normalized spacial score (nSPS) is 17.0. The van der Waals surface area contributed by atoms with Gasteiger partial charge in [0.1, 0.15) is 0 Å². The second kappa shape index (κ2) is 15.0. The van der Waals surface area contributed by atoms with Crippen molar-refractivity contribution in [2.75, 3.05) is 0 Å². The van der Waals surface area contributed by atoms with Crippen LogP contribution < -0.4 is 0 Å². The molecule has 0 N–H and O–H groups in total. The third-order valence-corrected chi connectivity index (χ3v) is 15.3. The van der Waals surface area contributed by atoms with E-state index in [1.54, 1.807) is 0 Å². The molecule has 8 aromatic rings. The SMILES string of the molecule is CC1(C)c2ccc(C3CCCC3)cc2-c2ccc(-c3nc(-c4cc(-c5ccccn5)cc(-c5ccccn5)c4)nc(-c4ccc5c(c4)C(C)(C)c4ccc(C6CCCC6)cc4-5)n3)cc21. The van der Waals surface area contributed by atoms with Crippen LogP contribution in [0.1, 0.15) is 124 Å². The number of pyridine rings is 2. The van der Waals surface area contributed by atoms with Crippen LogP contribution in [0.25, 0.3) is 78.9 Å². The lowest BCUT2D eigenvalue weighted by molar-refractivity contribution is 0.658. The highest BCUT2D eigenvalue weighted by Gasteiger charge is 2.38. The first kappa shape index (κ1) is 39.0. The molecule has 0 amide bonds. The summed E-state index contributed by atoms with van der Waals surface area (Å²) in [5.41, 5.74) is 20.0. The smallest absolute Gasteiger partial charge is 0.164 e. The van der Waals surface area contributed by atoms with Gasteiger partial charge in [0.25, 0.3) is 0 Å². The van der Waals surface area contributed by atoms with E-state index in [9.17, 15) is 0 Å². The first-order valence-corrected chi connectivity index (χ1v) is 23.5. The molecule has 5 nitrogen and oxygen atoms in total. The van der Waals surface area contributed by atoms with E-state index in [2.05, 4.69) is 119 Å². The maximum absolute atomic E-state index is 5.39. The standard InChI is InChI=1S/C59H53N5/c1-58(2)49-25-21-38(36-13-5-6-14-36)32-47(49)45-23-19-40(34-51(45)58)55-62-56(41-20-24-46-48-33-39(37-15-7-8-16-37)22-26-50(48)59(3,4)52(46)35-41)64-57(63-55)44-30-42(53-17-9-11-27-60-53)29-43(31-44)54-18-10-12-28-61-54/h9-12,17-37H,5-8,13-16H2,1-4H3. The Kier molecular flexibility index (Phi) is 9.16. The summed E-state index contributed by atoms with van der Waals surface area (Å²) < 4.78 is 0. The summed E-state index contributed by atoms with van der Waals surface area (Å²) in [7, 11) is 0. The Hall–Kier alpha value is -6.59. The van der Waals surface area contributed by atoms with Gasteiger partial charge in [0.15, 0.2) is 17.5 Å². The van der Waals surface area contributed by atoms with Crippen LogP contribution >= 0.6 is 0 Å². The van der Waals surface area contributed by atoms with Gasteiger partial charge in [0.2, 0.25) is 0 Å². The van der Waals surface area contributed by atoms with Crippen LogP contribution in [-0.2, 0) is 10.8 Å². The van der Waals surface area contributed by atoms with Gasteiger partial charge < -0.3 is 0 Å². The Morgan fingerprint density at radius 3 is 1.22 bits per heavy atom. The number of nitrogens with zero attached hydrogens (tertiary/aromatic N) is 5. The van der Waals surface area contributed by atoms with Crippen molar-refractivity contribution in [2.24, 2.45) is 0 Å². The quantitative estimate of drug-likeness (QED) is 0.160. The molecular weight excluding hydrogens is 779 g/mol.